The molecule has 2 saturated heterocycles. The number of fused-ring (bicyclic) bond motifs is 2. The molecule has 0 unspecified atom stereocenters. The molecule has 0 radical (unpaired) electrons. The summed E-state index contributed by atoms with van der Waals surface area (Å²) in [6.45, 7) is 2.21. The van der Waals surface area contributed by atoms with Crippen molar-refractivity contribution in [1.29, 1.82) is 0 Å². The summed E-state index contributed by atoms with van der Waals surface area (Å²) >= 11 is 0. The molecule has 0 aromatic rings. The van der Waals surface area contributed by atoms with Gasteiger partial charge in [0, 0.05) is 6.04 Å². The minimum absolute atomic E-state index is 0.00977. The summed E-state index contributed by atoms with van der Waals surface area (Å²) in [5.74, 6) is 2.57. The van der Waals surface area contributed by atoms with E-state index in [4.69, 9.17) is 4.74 Å². The number of hydrogen-bond acceptors (Lipinski definition) is 2. The normalized spacial score (nSPS) is 50.6. The maximum Gasteiger partial charge on any atom is 0.410 e. The van der Waals surface area contributed by atoms with Crippen molar-refractivity contribution in [2.75, 3.05) is 0 Å². The van der Waals surface area contributed by atoms with Crippen LogP contribution in [0, 0.1) is 17.8 Å². The second-order valence-corrected chi connectivity index (χ2v) is 6.40. The minimum atomic E-state index is -0.00977. The van der Waals surface area contributed by atoms with Crippen molar-refractivity contribution < 1.29 is 9.53 Å². The fourth-order valence-corrected chi connectivity index (χ4v) is 4.77. The average molecular weight is 235 g/mol. The molecule has 2 heterocycles. The highest BCUT2D eigenvalue weighted by atomic mass is 16.6. The smallest absolute Gasteiger partial charge is 0.410 e. The van der Waals surface area contributed by atoms with Crippen molar-refractivity contribution in [3.63, 3.8) is 0 Å². The molecule has 0 N–H and O–H groups in total. The summed E-state index contributed by atoms with van der Waals surface area (Å²) in [6.07, 6.45) is 7.64. The third-order valence-electron chi connectivity index (χ3n) is 5.51. The molecule has 4 fully saturated rings. The number of rotatable bonds is 2. The lowest BCUT2D eigenvalue weighted by Crippen LogP contribution is -2.53. The standard InChI is InChI=1S/C14H21NO2/c1-2-3-9-4-5-10-11-6-8(11)7-12-13(10)15(9)14(16)17-12/h8-13H,2-7H2,1H3/t8-,9-,10+,11-,12-,13+/m1/s1. The van der Waals surface area contributed by atoms with Crippen LogP contribution in [0.1, 0.15) is 45.4 Å². The van der Waals surface area contributed by atoms with E-state index in [2.05, 4.69) is 11.8 Å². The summed E-state index contributed by atoms with van der Waals surface area (Å²) in [5.41, 5.74) is 0. The lowest BCUT2D eigenvalue weighted by atomic mass is 9.75. The predicted octanol–water partition coefficient (Wildman–Crippen LogP) is 2.79. The number of carbonyl (C=O) groups excluding carboxylic acids is 1. The zero-order chi connectivity index (χ0) is 11.6. The first-order chi connectivity index (χ1) is 8.29. The Balaban J connectivity index is 1.64. The Labute approximate surface area is 102 Å². The maximum atomic E-state index is 12.1. The van der Waals surface area contributed by atoms with E-state index in [0.717, 1.165) is 30.6 Å². The SMILES string of the molecule is CCC[C@@H]1CC[C@H]2[C@@H]3C[C@@H]3C[C@H]3OC(=O)N1[C@@H]23. The summed E-state index contributed by atoms with van der Waals surface area (Å²) in [5, 5.41) is 0. The van der Waals surface area contributed by atoms with Gasteiger partial charge in [0.2, 0.25) is 0 Å². The van der Waals surface area contributed by atoms with Gasteiger partial charge in [0.15, 0.2) is 0 Å². The number of nitrogens with zero attached hydrogens (tertiary/aromatic N) is 1. The molecule has 17 heavy (non-hydrogen) atoms. The topological polar surface area (TPSA) is 29.5 Å². The Kier molecular flexibility index (Phi) is 2.04. The zero-order valence-electron chi connectivity index (χ0n) is 10.5. The van der Waals surface area contributed by atoms with E-state index in [9.17, 15) is 4.79 Å². The van der Waals surface area contributed by atoms with Gasteiger partial charge in [-0.15, -0.1) is 0 Å². The number of ether oxygens (including phenoxy) is 1. The van der Waals surface area contributed by atoms with Gasteiger partial charge in [0.05, 0.1) is 6.04 Å². The Bertz CT molecular complexity index is 356. The van der Waals surface area contributed by atoms with Gasteiger partial charge in [-0.3, -0.25) is 4.90 Å². The fourth-order valence-electron chi connectivity index (χ4n) is 4.77. The van der Waals surface area contributed by atoms with Gasteiger partial charge in [-0.25, -0.2) is 4.79 Å². The van der Waals surface area contributed by atoms with Gasteiger partial charge in [-0.2, -0.15) is 0 Å². The van der Waals surface area contributed by atoms with Crippen LogP contribution in [0.5, 0.6) is 0 Å². The van der Waals surface area contributed by atoms with E-state index in [1.165, 1.54) is 25.7 Å². The molecule has 4 aliphatic rings. The highest BCUT2D eigenvalue weighted by molar-refractivity contribution is 5.71. The molecule has 3 heteroatoms. The van der Waals surface area contributed by atoms with Gasteiger partial charge in [0.1, 0.15) is 6.10 Å². The molecule has 94 valence electrons. The van der Waals surface area contributed by atoms with Crippen LogP contribution in [0.25, 0.3) is 0 Å². The van der Waals surface area contributed by atoms with Crippen LogP contribution in [-0.4, -0.2) is 29.2 Å². The molecule has 0 bridgehead atoms. The minimum Gasteiger partial charge on any atom is -0.444 e. The molecular weight excluding hydrogens is 214 g/mol. The Morgan fingerprint density at radius 1 is 1.29 bits per heavy atom. The number of carbonyl (C=O) groups is 1. The molecule has 3 nitrogen and oxygen atoms in total. The molecule has 4 rings (SSSR count). The highest BCUT2D eigenvalue weighted by Gasteiger charge is 2.61. The molecule has 0 aromatic carbocycles. The van der Waals surface area contributed by atoms with Crippen LogP contribution in [0.15, 0.2) is 0 Å². The molecular formula is C14H21NO2. The molecule has 6 atom stereocenters. The van der Waals surface area contributed by atoms with Crippen LogP contribution in [0.2, 0.25) is 0 Å². The monoisotopic (exact) mass is 235 g/mol. The van der Waals surface area contributed by atoms with Crippen molar-refractivity contribution in [1.82, 2.24) is 4.90 Å². The molecule has 0 aromatic heterocycles. The number of hydrogen-bond donors (Lipinski definition) is 0. The third kappa shape index (κ3) is 1.31. The zero-order valence-corrected chi connectivity index (χ0v) is 10.5. The Morgan fingerprint density at radius 2 is 2.18 bits per heavy atom. The number of piperidine rings is 1. The van der Waals surface area contributed by atoms with Crippen LogP contribution in [0.3, 0.4) is 0 Å². The molecule has 0 spiro atoms. The first-order valence-corrected chi connectivity index (χ1v) is 7.28. The van der Waals surface area contributed by atoms with E-state index < -0.39 is 0 Å². The van der Waals surface area contributed by atoms with Crippen LogP contribution >= 0.6 is 0 Å². The summed E-state index contributed by atoms with van der Waals surface area (Å²) in [4.78, 5) is 14.2. The molecule has 2 aliphatic carbocycles. The summed E-state index contributed by atoms with van der Waals surface area (Å²) in [6, 6.07) is 0.908. The van der Waals surface area contributed by atoms with Crippen molar-refractivity contribution in [3.8, 4) is 0 Å². The quantitative estimate of drug-likeness (QED) is 0.736. The Morgan fingerprint density at radius 3 is 3.00 bits per heavy atom. The third-order valence-corrected chi connectivity index (χ3v) is 5.51. The van der Waals surface area contributed by atoms with E-state index in [1.54, 1.807) is 0 Å². The molecule has 1 amide bonds. The van der Waals surface area contributed by atoms with Crippen LogP contribution in [0.4, 0.5) is 4.79 Å². The number of amides is 1. The average Bonchev–Trinajstić information content (AvgIpc) is 3.00. The van der Waals surface area contributed by atoms with Gasteiger partial charge in [-0.1, -0.05) is 13.3 Å². The fraction of sp³-hybridized carbons (Fsp3) is 0.929. The van der Waals surface area contributed by atoms with Crippen LogP contribution < -0.4 is 0 Å². The summed E-state index contributed by atoms with van der Waals surface area (Å²) in [7, 11) is 0. The van der Waals surface area contributed by atoms with Crippen molar-refractivity contribution in [2.45, 2.75) is 63.6 Å². The Hall–Kier alpha value is -0.730. The van der Waals surface area contributed by atoms with Gasteiger partial charge < -0.3 is 4.74 Å². The second kappa shape index (κ2) is 3.39. The largest absolute Gasteiger partial charge is 0.444 e. The van der Waals surface area contributed by atoms with E-state index in [-0.39, 0.29) is 12.2 Å². The van der Waals surface area contributed by atoms with Crippen molar-refractivity contribution in [3.05, 3.63) is 0 Å². The van der Waals surface area contributed by atoms with Crippen molar-refractivity contribution in [2.24, 2.45) is 17.8 Å². The predicted molar refractivity (Wildman–Crippen MR) is 63.5 cm³/mol. The highest BCUT2D eigenvalue weighted by Crippen LogP contribution is 2.59. The second-order valence-electron chi connectivity index (χ2n) is 6.40. The maximum absolute atomic E-state index is 12.1. The van der Waals surface area contributed by atoms with E-state index in [0.29, 0.717) is 12.1 Å². The first-order valence-electron chi connectivity index (χ1n) is 7.28. The van der Waals surface area contributed by atoms with Gasteiger partial charge in [-0.05, 0) is 49.9 Å². The lowest BCUT2D eigenvalue weighted by Gasteiger charge is -2.44. The lowest BCUT2D eigenvalue weighted by molar-refractivity contribution is 0.0390. The van der Waals surface area contributed by atoms with Gasteiger partial charge >= 0.3 is 6.09 Å². The molecule has 2 aliphatic heterocycles. The van der Waals surface area contributed by atoms with Gasteiger partial charge in [0.25, 0.3) is 0 Å². The first kappa shape index (κ1) is 10.2. The summed E-state index contributed by atoms with van der Waals surface area (Å²) < 4.78 is 5.64. The van der Waals surface area contributed by atoms with Crippen molar-refractivity contribution >= 4 is 6.09 Å². The van der Waals surface area contributed by atoms with E-state index in [1.807, 2.05) is 0 Å². The van der Waals surface area contributed by atoms with Crippen LogP contribution in [-0.2, 0) is 4.74 Å². The molecule has 2 saturated carbocycles. The van der Waals surface area contributed by atoms with E-state index >= 15 is 0 Å².